The van der Waals surface area contributed by atoms with Crippen LogP contribution in [0.4, 0.5) is 0 Å². The fraction of sp³-hybridized carbons (Fsp3) is 0.933. The number of rotatable bonds is 7. The van der Waals surface area contributed by atoms with Crippen LogP contribution in [0.15, 0.2) is 0 Å². The molecule has 1 aliphatic carbocycles. The van der Waals surface area contributed by atoms with E-state index in [9.17, 15) is 15.0 Å². The van der Waals surface area contributed by atoms with Crippen molar-refractivity contribution in [3.8, 4) is 0 Å². The van der Waals surface area contributed by atoms with Crippen LogP contribution >= 0.6 is 0 Å². The molecule has 118 valence electrons. The Morgan fingerprint density at radius 3 is 2.55 bits per heavy atom. The van der Waals surface area contributed by atoms with Crippen LogP contribution in [0.3, 0.4) is 0 Å². The molecule has 0 heterocycles. The molecule has 2 unspecified atom stereocenters. The smallest absolute Gasteiger partial charge is 0.149 e. The van der Waals surface area contributed by atoms with Gasteiger partial charge in [0.2, 0.25) is 0 Å². The van der Waals surface area contributed by atoms with Crippen molar-refractivity contribution in [1.82, 2.24) is 0 Å². The SMILES string of the molecule is CC(C)[C@@H]1CC[C@@](C)(C(C=O)OCC(O)CO)C[C@H]1O. The first kappa shape index (κ1) is 17.6. The van der Waals surface area contributed by atoms with Gasteiger partial charge in [-0.05, 0) is 31.1 Å². The van der Waals surface area contributed by atoms with Gasteiger partial charge in [-0.2, -0.15) is 0 Å². The van der Waals surface area contributed by atoms with Crippen LogP contribution in [0.5, 0.6) is 0 Å². The average Bonchev–Trinajstić information content (AvgIpc) is 2.38. The Hall–Kier alpha value is -0.490. The van der Waals surface area contributed by atoms with E-state index in [1.54, 1.807) is 0 Å². The van der Waals surface area contributed by atoms with E-state index in [0.29, 0.717) is 12.3 Å². The maximum atomic E-state index is 11.3. The Balaban J connectivity index is 2.65. The lowest BCUT2D eigenvalue weighted by Crippen LogP contribution is -2.46. The lowest BCUT2D eigenvalue weighted by atomic mass is 9.65. The maximum absolute atomic E-state index is 11.3. The minimum atomic E-state index is -0.974. The molecule has 5 heteroatoms. The molecule has 0 amide bonds. The topological polar surface area (TPSA) is 87.0 Å². The van der Waals surface area contributed by atoms with Gasteiger partial charge in [-0.15, -0.1) is 0 Å². The van der Waals surface area contributed by atoms with Crippen LogP contribution in [0, 0.1) is 17.3 Å². The zero-order chi connectivity index (χ0) is 15.3. The van der Waals surface area contributed by atoms with Crippen LogP contribution in [0.1, 0.15) is 40.0 Å². The first-order valence-corrected chi connectivity index (χ1v) is 7.38. The van der Waals surface area contributed by atoms with Crippen molar-refractivity contribution in [3.63, 3.8) is 0 Å². The molecule has 0 aromatic carbocycles. The third-order valence-corrected chi connectivity index (χ3v) is 4.56. The molecule has 1 rings (SSSR count). The third-order valence-electron chi connectivity index (χ3n) is 4.56. The molecule has 0 aliphatic heterocycles. The van der Waals surface area contributed by atoms with Crippen LogP contribution in [-0.4, -0.2) is 53.1 Å². The fourth-order valence-electron chi connectivity index (χ4n) is 3.13. The van der Waals surface area contributed by atoms with Gasteiger partial charge in [-0.25, -0.2) is 0 Å². The molecule has 1 fully saturated rings. The predicted octanol–water partition coefficient (Wildman–Crippen LogP) is 0.747. The zero-order valence-corrected chi connectivity index (χ0v) is 12.7. The fourth-order valence-corrected chi connectivity index (χ4v) is 3.13. The van der Waals surface area contributed by atoms with Crippen molar-refractivity contribution in [2.45, 2.75) is 58.3 Å². The van der Waals surface area contributed by atoms with Gasteiger partial charge in [0.25, 0.3) is 0 Å². The van der Waals surface area contributed by atoms with Crippen LogP contribution < -0.4 is 0 Å². The van der Waals surface area contributed by atoms with E-state index in [-0.39, 0.29) is 19.1 Å². The highest BCUT2D eigenvalue weighted by molar-refractivity contribution is 5.57. The van der Waals surface area contributed by atoms with Crippen LogP contribution in [0.2, 0.25) is 0 Å². The summed E-state index contributed by atoms with van der Waals surface area (Å²) in [6.07, 6.45) is 0.880. The minimum absolute atomic E-state index is 0.0702. The van der Waals surface area contributed by atoms with Gasteiger partial charge in [0.05, 0.1) is 19.3 Å². The molecule has 0 radical (unpaired) electrons. The summed E-state index contributed by atoms with van der Waals surface area (Å²) in [6.45, 7) is 5.68. The molecular formula is C15H28O5. The second kappa shape index (κ2) is 7.50. The number of hydrogen-bond acceptors (Lipinski definition) is 5. The Kier molecular flexibility index (Phi) is 6.58. The van der Waals surface area contributed by atoms with Crippen molar-refractivity contribution in [2.24, 2.45) is 17.3 Å². The molecule has 0 aromatic rings. The number of aliphatic hydroxyl groups is 3. The molecule has 5 nitrogen and oxygen atoms in total. The van der Waals surface area contributed by atoms with Crippen molar-refractivity contribution in [1.29, 1.82) is 0 Å². The first-order valence-electron chi connectivity index (χ1n) is 7.38. The molecule has 1 saturated carbocycles. The second-order valence-corrected chi connectivity index (χ2v) is 6.60. The molecule has 0 aromatic heterocycles. The summed E-state index contributed by atoms with van der Waals surface area (Å²) < 4.78 is 5.44. The molecule has 1 aliphatic rings. The van der Waals surface area contributed by atoms with Gasteiger partial charge in [0.1, 0.15) is 18.5 Å². The summed E-state index contributed by atoms with van der Waals surface area (Å²) in [5.41, 5.74) is -0.415. The minimum Gasteiger partial charge on any atom is -0.394 e. The predicted molar refractivity (Wildman–Crippen MR) is 75.2 cm³/mol. The Morgan fingerprint density at radius 2 is 2.10 bits per heavy atom. The van der Waals surface area contributed by atoms with Crippen molar-refractivity contribution >= 4 is 6.29 Å². The summed E-state index contributed by atoms with van der Waals surface area (Å²) >= 11 is 0. The summed E-state index contributed by atoms with van der Waals surface area (Å²) in [5, 5.41) is 28.4. The van der Waals surface area contributed by atoms with E-state index in [1.807, 2.05) is 6.92 Å². The van der Waals surface area contributed by atoms with Gasteiger partial charge >= 0.3 is 0 Å². The normalized spacial score (nSPS) is 34.0. The van der Waals surface area contributed by atoms with E-state index in [4.69, 9.17) is 9.84 Å². The van der Waals surface area contributed by atoms with Crippen LogP contribution in [0.25, 0.3) is 0 Å². The van der Waals surface area contributed by atoms with E-state index in [1.165, 1.54) is 0 Å². The highest BCUT2D eigenvalue weighted by atomic mass is 16.5. The van der Waals surface area contributed by atoms with Crippen molar-refractivity contribution < 1.29 is 24.9 Å². The molecular weight excluding hydrogens is 260 g/mol. The number of carbonyl (C=O) groups is 1. The van der Waals surface area contributed by atoms with E-state index in [0.717, 1.165) is 19.1 Å². The maximum Gasteiger partial charge on any atom is 0.149 e. The van der Waals surface area contributed by atoms with Gasteiger partial charge in [-0.1, -0.05) is 20.8 Å². The number of aliphatic hydroxyl groups excluding tert-OH is 3. The van der Waals surface area contributed by atoms with Gasteiger partial charge < -0.3 is 24.9 Å². The van der Waals surface area contributed by atoms with Crippen molar-refractivity contribution in [3.05, 3.63) is 0 Å². The molecule has 0 bridgehead atoms. The Morgan fingerprint density at radius 1 is 1.45 bits per heavy atom. The molecule has 0 spiro atoms. The number of hydrogen-bond donors (Lipinski definition) is 3. The summed E-state index contributed by atoms with van der Waals surface area (Å²) in [5.74, 6) is 0.680. The molecule has 3 N–H and O–H groups in total. The van der Waals surface area contributed by atoms with Crippen LogP contribution in [-0.2, 0) is 9.53 Å². The number of ether oxygens (including phenoxy) is 1. The third kappa shape index (κ3) is 4.25. The standard InChI is InChI=1S/C15H28O5/c1-10(2)12-4-5-15(3,6-13(12)19)14(8-17)20-9-11(18)7-16/h8,10-14,16,18-19H,4-7,9H2,1-3H3/t11?,12-,13+,14?,15+/m0/s1. The van der Waals surface area contributed by atoms with Gasteiger partial charge in [0, 0.05) is 5.41 Å². The summed E-state index contributed by atoms with van der Waals surface area (Å²) in [6, 6.07) is 0. The van der Waals surface area contributed by atoms with E-state index >= 15 is 0 Å². The zero-order valence-electron chi connectivity index (χ0n) is 12.7. The Labute approximate surface area is 121 Å². The second-order valence-electron chi connectivity index (χ2n) is 6.60. The van der Waals surface area contributed by atoms with Crippen molar-refractivity contribution in [2.75, 3.05) is 13.2 Å². The highest BCUT2D eigenvalue weighted by Gasteiger charge is 2.43. The Bertz CT molecular complexity index is 307. The largest absolute Gasteiger partial charge is 0.394 e. The summed E-state index contributed by atoms with van der Waals surface area (Å²) in [7, 11) is 0. The monoisotopic (exact) mass is 288 g/mol. The van der Waals surface area contributed by atoms with Gasteiger partial charge in [-0.3, -0.25) is 0 Å². The number of aldehydes is 1. The highest BCUT2D eigenvalue weighted by Crippen LogP contribution is 2.44. The van der Waals surface area contributed by atoms with Gasteiger partial charge in [0.15, 0.2) is 0 Å². The quantitative estimate of drug-likeness (QED) is 0.602. The molecule has 0 saturated heterocycles. The molecule has 5 atom stereocenters. The summed E-state index contributed by atoms with van der Waals surface area (Å²) in [4.78, 5) is 11.3. The van der Waals surface area contributed by atoms with E-state index < -0.39 is 23.7 Å². The number of carbonyl (C=O) groups excluding carboxylic acids is 1. The average molecular weight is 288 g/mol. The first-order chi connectivity index (χ1) is 9.34. The molecule has 20 heavy (non-hydrogen) atoms. The van der Waals surface area contributed by atoms with E-state index in [2.05, 4.69) is 13.8 Å². The lowest BCUT2D eigenvalue weighted by molar-refractivity contribution is -0.141. The lowest BCUT2D eigenvalue weighted by Gasteiger charge is -2.44.